The molecule has 0 saturated carbocycles. The zero-order valence-corrected chi connectivity index (χ0v) is 10.1. The molecule has 0 bridgehead atoms. The maximum absolute atomic E-state index is 11.9. The van der Waals surface area contributed by atoms with E-state index >= 15 is 0 Å². The van der Waals surface area contributed by atoms with Gasteiger partial charge in [-0.15, -0.1) is 0 Å². The summed E-state index contributed by atoms with van der Waals surface area (Å²) in [4.78, 5) is 15.4. The van der Waals surface area contributed by atoms with Crippen LogP contribution in [-0.4, -0.2) is 23.6 Å². The Balaban J connectivity index is 2.31. The molecule has 0 atom stereocenters. The fourth-order valence-corrected chi connectivity index (χ4v) is 1.39. The van der Waals surface area contributed by atoms with Crippen molar-refractivity contribution in [2.75, 3.05) is 12.0 Å². The van der Waals surface area contributed by atoms with Gasteiger partial charge in [-0.25, -0.2) is 0 Å². The second-order valence-corrected chi connectivity index (χ2v) is 3.90. The van der Waals surface area contributed by atoms with Crippen molar-refractivity contribution in [1.82, 2.24) is 10.3 Å². The van der Waals surface area contributed by atoms with Crippen molar-refractivity contribution < 1.29 is 18.0 Å². The highest BCUT2D eigenvalue weighted by atomic mass is 19.4. The Morgan fingerprint density at radius 2 is 2.11 bits per heavy atom. The molecule has 0 spiro atoms. The molecular weight excluding hydrogens is 261 g/mol. The first-order valence-electron chi connectivity index (χ1n) is 5.70. The number of carbonyl (C=O) groups excluding carboxylic acids is 1. The first-order valence-corrected chi connectivity index (χ1v) is 5.70. The number of halogens is 3. The van der Waals surface area contributed by atoms with Crippen LogP contribution >= 0.6 is 0 Å². The molecule has 0 radical (unpaired) electrons. The number of rotatable bonds is 6. The van der Waals surface area contributed by atoms with Crippen molar-refractivity contribution in [1.29, 1.82) is 0 Å². The molecule has 1 rings (SSSR count). The molecule has 0 unspecified atom stereocenters. The normalized spacial score (nSPS) is 11.2. The summed E-state index contributed by atoms with van der Waals surface area (Å²) >= 11 is 0. The summed E-state index contributed by atoms with van der Waals surface area (Å²) in [6, 6.07) is 3.03. The first-order chi connectivity index (χ1) is 8.92. The van der Waals surface area contributed by atoms with E-state index in [1.165, 1.54) is 12.3 Å². The van der Waals surface area contributed by atoms with Crippen molar-refractivity contribution in [3.05, 3.63) is 24.0 Å². The van der Waals surface area contributed by atoms with E-state index in [2.05, 4.69) is 15.7 Å². The minimum absolute atomic E-state index is 0.0123. The second kappa shape index (κ2) is 6.93. The summed E-state index contributed by atoms with van der Waals surface area (Å²) in [5.74, 6) is 4.74. The van der Waals surface area contributed by atoms with Crippen LogP contribution in [0.1, 0.15) is 29.8 Å². The maximum atomic E-state index is 11.9. The van der Waals surface area contributed by atoms with Gasteiger partial charge in [-0.2, -0.15) is 13.2 Å². The summed E-state index contributed by atoms with van der Waals surface area (Å²) in [6.45, 7) is 0.177. The molecule has 0 aliphatic rings. The van der Waals surface area contributed by atoms with Gasteiger partial charge >= 0.3 is 6.18 Å². The molecule has 1 aromatic rings. The number of carbonyl (C=O) groups is 1. The van der Waals surface area contributed by atoms with Crippen LogP contribution in [0.4, 0.5) is 18.9 Å². The molecule has 5 nitrogen and oxygen atoms in total. The summed E-state index contributed by atoms with van der Waals surface area (Å²) in [5, 5.41) is 2.50. The van der Waals surface area contributed by atoms with E-state index in [1.54, 1.807) is 6.07 Å². The van der Waals surface area contributed by atoms with Crippen LogP contribution < -0.4 is 16.6 Å². The lowest BCUT2D eigenvalue weighted by Gasteiger charge is -2.07. The number of nitrogens with one attached hydrogen (secondary N) is 2. The van der Waals surface area contributed by atoms with Crippen molar-refractivity contribution >= 4 is 11.6 Å². The Bertz CT molecular complexity index is 423. The predicted molar refractivity (Wildman–Crippen MR) is 64.3 cm³/mol. The molecule has 4 N–H and O–H groups in total. The van der Waals surface area contributed by atoms with Crippen LogP contribution in [0.5, 0.6) is 0 Å². The summed E-state index contributed by atoms with van der Waals surface area (Å²) in [7, 11) is 0. The number of anilines is 1. The number of nitrogens with zero attached hydrogens (tertiary/aromatic N) is 1. The molecule has 1 aromatic heterocycles. The van der Waals surface area contributed by atoms with Crippen molar-refractivity contribution in [3.8, 4) is 0 Å². The lowest BCUT2D eigenvalue weighted by molar-refractivity contribution is -0.135. The fraction of sp³-hybridized carbons (Fsp3) is 0.455. The third-order valence-corrected chi connectivity index (χ3v) is 2.33. The quantitative estimate of drug-likeness (QED) is 0.421. The van der Waals surface area contributed by atoms with E-state index < -0.39 is 18.5 Å². The van der Waals surface area contributed by atoms with Crippen LogP contribution in [0.15, 0.2) is 18.3 Å². The smallest absolute Gasteiger partial charge is 0.351 e. The van der Waals surface area contributed by atoms with E-state index in [9.17, 15) is 18.0 Å². The van der Waals surface area contributed by atoms with Gasteiger partial charge in [-0.3, -0.25) is 15.6 Å². The van der Waals surface area contributed by atoms with Crippen LogP contribution in [0.25, 0.3) is 0 Å². The number of nitrogens with two attached hydrogens (primary N) is 1. The number of amides is 1. The van der Waals surface area contributed by atoms with Crippen molar-refractivity contribution in [2.24, 2.45) is 5.84 Å². The van der Waals surface area contributed by atoms with Crippen LogP contribution in [0, 0.1) is 0 Å². The monoisotopic (exact) mass is 276 g/mol. The first kappa shape index (κ1) is 15.2. The Morgan fingerprint density at radius 1 is 1.37 bits per heavy atom. The fourth-order valence-electron chi connectivity index (χ4n) is 1.39. The Hall–Kier alpha value is -1.83. The predicted octanol–water partition coefficient (Wildman–Crippen LogP) is 1.83. The number of hydrogen-bond acceptors (Lipinski definition) is 4. The van der Waals surface area contributed by atoms with E-state index in [0.717, 1.165) is 0 Å². The topological polar surface area (TPSA) is 80.0 Å². The number of alkyl halides is 3. The standard InChI is InChI=1S/C11H15F3N4O/c12-11(13,14)4-1-2-5-17-10(19)9-7-8(18-15)3-6-16-9/h3,6-7H,1-2,4-5,15H2,(H,16,18)(H,17,19). The van der Waals surface area contributed by atoms with Gasteiger partial charge in [-0.05, 0) is 25.0 Å². The van der Waals surface area contributed by atoms with Gasteiger partial charge in [0.2, 0.25) is 0 Å². The zero-order valence-electron chi connectivity index (χ0n) is 10.1. The molecule has 0 aromatic carbocycles. The van der Waals surface area contributed by atoms with E-state index in [4.69, 9.17) is 5.84 Å². The van der Waals surface area contributed by atoms with E-state index in [-0.39, 0.29) is 25.1 Å². The van der Waals surface area contributed by atoms with Gasteiger partial charge in [0.05, 0.1) is 5.69 Å². The number of unbranched alkanes of at least 4 members (excludes halogenated alkanes) is 1. The average molecular weight is 276 g/mol. The number of pyridine rings is 1. The van der Waals surface area contributed by atoms with Crippen LogP contribution in [-0.2, 0) is 0 Å². The minimum Gasteiger partial charge on any atom is -0.351 e. The van der Waals surface area contributed by atoms with Gasteiger partial charge in [-0.1, -0.05) is 0 Å². The number of hydrogen-bond donors (Lipinski definition) is 3. The maximum Gasteiger partial charge on any atom is 0.389 e. The summed E-state index contributed by atoms with van der Waals surface area (Å²) in [6.07, 6.45) is -3.32. The molecule has 0 aliphatic carbocycles. The Morgan fingerprint density at radius 3 is 2.74 bits per heavy atom. The third-order valence-electron chi connectivity index (χ3n) is 2.33. The Kier molecular flexibility index (Phi) is 5.56. The highest BCUT2D eigenvalue weighted by molar-refractivity contribution is 5.93. The number of hydrazine groups is 1. The zero-order chi connectivity index (χ0) is 14.3. The van der Waals surface area contributed by atoms with Crippen LogP contribution in [0.3, 0.4) is 0 Å². The molecule has 106 valence electrons. The van der Waals surface area contributed by atoms with Gasteiger partial charge in [0.15, 0.2) is 0 Å². The molecule has 0 fully saturated rings. The molecule has 19 heavy (non-hydrogen) atoms. The van der Waals surface area contributed by atoms with Gasteiger partial charge in [0.25, 0.3) is 5.91 Å². The molecule has 0 saturated heterocycles. The SMILES string of the molecule is NNc1ccnc(C(=O)NCCCCC(F)(F)F)c1. The summed E-state index contributed by atoms with van der Waals surface area (Å²) < 4.78 is 35.6. The number of nitrogen functional groups attached to an aromatic ring is 1. The number of aromatic nitrogens is 1. The highest BCUT2D eigenvalue weighted by Gasteiger charge is 2.25. The van der Waals surface area contributed by atoms with Gasteiger partial charge in [0.1, 0.15) is 5.69 Å². The molecule has 1 heterocycles. The van der Waals surface area contributed by atoms with E-state index in [0.29, 0.717) is 5.69 Å². The largest absolute Gasteiger partial charge is 0.389 e. The van der Waals surface area contributed by atoms with Gasteiger partial charge < -0.3 is 10.7 Å². The molecule has 8 heteroatoms. The average Bonchev–Trinajstić information content (AvgIpc) is 2.37. The second-order valence-electron chi connectivity index (χ2n) is 3.90. The molecule has 0 aliphatic heterocycles. The molecular formula is C11H15F3N4O. The third kappa shape index (κ3) is 6.05. The Labute approximate surface area is 108 Å². The van der Waals surface area contributed by atoms with E-state index in [1.807, 2.05) is 0 Å². The molecule has 1 amide bonds. The lowest BCUT2D eigenvalue weighted by Crippen LogP contribution is -2.25. The minimum atomic E-state index is -4.15. The van der Waals surface area contributed by atoms with Crippen molar-refractivity contribution in [3.63, 3.8) is 0 Å². The van der Waals surface area contributed by atoms with Crippen molar-refractivity contribution in [2.45, 2.75) is 25.4 Å². The van der Waals surface area contributed by atoms with Crippen LogP contribution in [0.2, 0.25) is 0 Å². The summed E-state index contributed by atoms with van der Waals surface area (Å²) in [5.41, 5.74) is 3.05. The highest BCUT2D eigenvalue weighted by Crippen LogP contribution is 2.21. The lowest BCUT2D eigenvalue weighted by atomic mass is 10.2. The van der Waals surface area contributed by atoms with Gasteiger partial charge in [0, 0.05) is 19.2 Å².